The van der Waals surface area contributed by atoms with Crippen molar-refractivity contribution in [2.45, 2.75) is 19.4 Å². The number of amides is 1. The van der Waals surface area contributed by atoms with Crippen molar-refractivity contribution < 1.29 is 19.4 Å². The van der Waals surface area contributed by atoms with Crippen molar-refractivity contribution in [1.29, 1.82) is 0 Å². The third kappa shape index (κ3) is 3.87. The van der Waals surface area contributed by atoms with Gasteiger partial charge in [-0.1, -0.05) is 54.9 Å². The van der Waals surface area contributed by atoms with Gasteiger partial charge in [-0.15, -0.1) is 0 Å². The molecule has 1 fully saturated rings. The average molecular weight is 448 g/mol. The van der Waals surface area contributed by atoms with Gasteiger partial charge in [-0.2, -0.15) is 0 Å². The van der Waals surface area contributed by atoms with E-state index in [4.69, 9.17) is 16.3 Å². The molecule has 0 radical (unpaired) electrons. The smallest absolute Gasteiger partial charge is 0.300 e. The second-order valence-electron chi connectivity index (χ2n) is 7.48. The number of halogens is 1. The van der Waals surface area contributed by atoms with Crippen LogP contribution in [0.1, 0.15) is 29.7 Å². The maximum Gasteiger partial charge on any atom is 0.300 e. The Balaban J connectivity index is 1.94. The minimum Gasteiger partial charge on any atom is -0.507 e. The van der Waals surface area contributed by atoms with Gasteiger partial charge in [-0.05, 0) is 53.9 Å². The number of aliphatic hydroxyl groups excluding tert-OH is 1. The van der Waals surface area contributed by atoms with Crippen molar-refractivity contribution in [3.05, 3.63) is 100 Å². The molecule has 0 aliphatic carbocycles. The number of ketones is 1. The molecule has 1 unspecified atom stereocenters. The Morgan fingerprint density at radius 2 is 1.75 bits per heavy atom. The number of hydrogen-bond acceptors (Lipinski definition) is 4. The minimum atomic E-state index is -0.823. The Morgan fingerprint density at radius 3 is 2.41 bits per heavy atom. The molecule has 3 aromatic carbocycles. The molecule has 1 aliphatic heterocycles. The largest absolute Gasteiger partial charge is 0.507 e. The van der Waals surface area contributed by atoms with E-state index in [0.29, 0.717) is 27.6 Å². The van der Waals surface area contributed by atoms with E-state index in [9.17, 15) is 14.7 Å². The highest BCUT2D eigenvalue weighted by Crippen LogP contribution is 2.43. The van der Waals surface area contributed by atoms with Gasteiger partial charge >= 0.3 is 0 Å². The van der Waals surface area contributed by atoms with Crippen LogP contribution in [0.3, 0.4) is 0 Å². The first-order valence-corrected chi connectivity index (χ1v) is 10.6. The summed E-state index contributed by atoms with van der Waals surface area (Å²) >= 11 is 6.09. The quantitative estimate of drug-likeness (QED) is 0.317. The van der Waals surface area contributed by atoms with Crippen molar-refractivity contribution in [2.75, 3.05) is 12.0 Å². The number of anilines is 1. The Morgan fingerprint density at radius 1 is 1.03 bits per heavy atom. The van der Waals surface area contributed by atoms with Crippen LogP contribution >= 0.6 is 11.6 Å². The average Bonchev–Trinajstić information content (AvgIpc) is 3.09. The zero-order valence-electron chi connectivity index (χ0n) is 17.7. The van der Waals surface area contributed by atoms with Crippen molar-refractivity contribution in [1.82, 2.24) is 0 Å². The molecule has 1 atom stereocenters. The normalized spacial score (nSPS) is 17.6. The van der Waals surface area contributed by atoms with Gasteiger partial charge in [0.05, 0.1) is 18.7 Å². The number of carbonyl (C=O) groups excluding carboxylic acids is 2. The lowest BCUT2D eigenvalue weighted by molar-refractivity contribution is -0.132. The standard InChI is InChI=1S/C26H22ClNO4/c1-3-16-10-12-20(13-11-16)28-23(17-6-5-9-21(15-17)32-2)22(25(30)26(28)31)24(29)18-7-4-8-19(27)14-18/h4-15,23,29H,3H2,1-2H3/b24-22-. The Labute approximate surface area is 191 Å². The molecule has 32 heavy (non-hydrogen) atoms. The first-order valence-electron chi connectivity index (χ1n) is 10.2. The van der Waals surface area contributed by atoms with E-state index in [1.54, 1.807) is 55.6 Å². The second kappa shape index (κ2) is 8.89. The van der Waals surface area contributed by atoms with Gasteiger partial charge in [0, 0.05) is 16.3 Å². The molecule has 3 aromatic rings. The molecule has 0 saturated carbocycles. The van der Waals surface area contributed by atoms with E-state index in [1.165, 1.54) is 4.90 Å². The summed E-state index contributed by atoms with van der Waals surface area (Å²) in [6.45, 7) is 2.04. The Kier molecular flexibility index (Phi) is 6.01. The van der Waals surface area contributed by atoms with E-state index in [1.807, 2.05) is 31.2 Å². The van der Waals surface area contributed by atoms with Gasteiger partial charge < -0.3 is 9.84 Å². The molecule has 6 heteroatoms. The lowest BCUT2D eigenvalue weighted by Crippen LogP contribution is -2.29. The predicted octanol–water partition coefficient (Wildman–Crippen LogP) is 5.54. The summed E-state index contributed by atoms with van der Waals surface area (Å²) in [5.74, 6) is -1.15. The van der Waals surface area contributed by atoms with Crippen molar-refractivity contribution in [3.8, 4) is 5.75 Å². The maximum atomic E-state index is 13.2. The molecular formula is C26H22ClNO4. The topological polar surface area (TPSA) is 66.8 Å². The number of nitrogens with zero attached hydrogens (tertiary/aromatic N) is 1. The van der Waals surface area contributed by atoms with Crippen LogP contribution in [0.25, 0.3) is 5.76 Å². The zero-order valence-corrected chi connectivity index (χ0v) is 18.5. The highest BCUT2D eigenvalue weighted by atomic mass is 35.5. The summed E-state index contributed by atoms with van der Waals surface area (Å²) < 4.78 is 5.35. The van der Waals surface area contributed by atoms with Crippen LogP contribution in [-0.2, 0) is 16.0 Å². The van der Waals surface area contributed by atoms with E-state index in [2.05, 4.69) is 0 Å². The monoisotopic (exact) mass is 447 g/mol. The van der Waals surface area contributed by atoms with E-state index >= 15 is 0 Å². The van der Waals surface area contributed by atoms with Crippen LogP contribution in [0.4, 0.5) is 5.69 Å². The molecular weight excluding hydrogens is 426 g/mol. The maximum absolute atomic E-state index is 13.2. The minimum absolute atomic E-state index is 0.00471. The number of ether oxygens (including phenoxy) is 1. The van der Waals surface area contributed by atoms with Gasteiger partial charge in [0.15, 0.2) is 0 Å². The summed E-state index contributed by atoms with van der Waals surface area (Å²) in [6.07, 6.45) is 0.854. The highest BCUT2D eigenvalue weighted by Gasteiger charge is 2.47. The summed E-state index contributed by atoms with van der Waals surface area (Å²) in [7, 11) is 1.55. The zero-order chi connectivity index (χ0) is 22.8. The number of rotatable bonds is 5. The van der Waals surface area contributed by atoms with Gasteiger partial charge in [-0.3, -0.25) is 14.5 Å². The summed E-state index contributed by atoms with van der Waals surface area (Å²) in [5.41, 5.74) is 2.70. The van der Waals surface area contributed by atoms with E-state index in [-0.39, 0.29) is 11.3 Å². The van der Waals surface area contributed by atoms with E-state index < -0.39 is 17.7 Å². The van der Waals surface area contributed by atoms with Crippen LogP contribution in [-0.4, -0.2) is 23.9 Å². The second-order valence-corrected chi connectivity index (χ2v) is 7.91. The molecule has 162 valence electrons. The van der Waals surface area contributed by atoms with Gasteiger partial charge in [0.25, 0.3) is 11.7 Å². The number of aliphatic hydroxyl groups is 1. The molecule has 1 amide bonds. The fourth-order valence-corrected chi connectivity index (χ4v) is 4.10. The van der Waals surface area contributed by atoms with Crippen molar-refractivity contribution in [3.63, 3.8) is 0 Å². The molecule has 0 spiro atoms. The first-order chi connectivity index (χ1) is 15.4. The SMILES string of the molecule is CCc1ccc(N2C(=O)C(=O)/C(=C(\O)c3cccc(Cl)c3)C2c2cccc(OC)c2)cc1. The molecule has 1 saturated heterocycles. The number of aryl methyl sites for hydroxylation is 1. The summed E-state index contributed by atoms with van der Waals surface area (Å²) in [4.78, 5) is 27.8. The molecule has 0 aromatic heterocycles. The number of carbonyl (C=O) groups is 2. The van der Waals surface area contributed by atoms with Crippen molar-refractivity contribution >= 4 is 34.7 Å². The number of methoxy groups -OCH3 is 1. The third-order valence-electron chi connectivity index (χ3n) is 5.57. The van der Waals surface area contributed by atoms with Crippen LogP contribution in [0.5, 0.6) is 5.75 Å². The summed E-state index contributed by atoms with van der Waals surface area (Å²) in [6, 6.07) is 20.3. The lowest BCUT2D eigenvalue weighted by atomic mass is 9.95. The molecule has 1 aliphatic rings. The molecule has 1 heterocycles. The molecule has 4 rings (SSSR count). The highest BCUT2D eigenvalue weighted by molar-refractivity contribution is 6.51. The Hall–Kier alpha value is -3.57. The van der Waals surface area contributed by atoms with Crippen molar-refractivity contribution in [2.24, 2.45) is 0 Å². The third-order valence-corrected chi connectivity index (χ3v) is 5.81. The number of benzene rings is 3. The predicted molar refractivity (Wildman–Crippen MR) is 125 cm³/mol. The lowest BCUT2D eigenvalue weighted by Gasteiger charge is -2.26. The van der Waals surface area contributed by atoms with Gasteiger partial charge in [0.1, 0.15) is 11.5 Å². The Bertz CT molecular complexity index is 1220. The van der Waals surface area contributed by atoms with Crippen LogP contribution < -0.4 is 9.64 Å². The van der Waals surface area contributed by atoms with Crippen LogP contribution in [0, 0.1) is 0 Å². The fraction of sp³-hybridized carbons (Fsp3) is 0.154. The van der Waals surface area contributed by atoms with Gasteiger partial charge in [0.2, 0.25) is 0 Å². The van der Waals surface area contributed by atoms with Crippen LogP contribution in [0.15, 0.2) is 78.4 Å². The van der Waals surface area contributed by atoms with E-state index in [0.717, 1.165) is 12.0 Å². The molecule has 0 bridgehead atoms. The van der Waals surface area contributed by atoms with Gasteiger partial charge in [-0.25, -0.2) is 0 Å². The molecule has 5 nitrogen and oxygen atoms in total. The fourth-order valence-electron chi connectivity index (χ4n) is 3.91. The first kappa shape index (κ1) is 21.7. The van der Waals surface area contributed by atoms with Crippen LogP contribution in [0.2, 0.25) is 5.02 Å². The molecule has 1 N–H and O–H groups in total. The number of Topliss-reactive ketones (excluding diaryl/α,β-unsaturated/α-hetero) is 1. The summed E-state index contributed by atoms with van der Waals surface area (Å²) in [5, 5.41) is 11.5. The number of hydrogen-bond donors (Lipinski definition) is 1.